The highest BCUT2D eigenvalue weighted by Crippen LogP contribution is 2.22. The van der Waals surface area contributed by atoms with Gasteiger partial charge in [0.05, 0.1) is 0 Å². The number of amides is 2. The lowest BCUT2D eigenvalue weighted by molar-refractivity contribution is -0.142. The van der Waals surface area contributed by atoms with Crippen molar-refractivity contribution in [1.29, 1.82) is 0 Å². The predicted octanol–water partition coefficient (Wildman–Crippen LogP) is 4.64. The molecule has 0 heterocycles. The highest BCUT2D eigenvalue weighted by Gasteiger charge is 2.28. The second kappa shape index (κ2) is 10.6. The normalized spacial score (nSPS) is 14.8. The molecule has 1 aliphatic rings. The Morgan fingerprint density at radius 3 is 2.52 bits per heavy atom. The van der Waals surface area contributed by atoms with Crippen molar-refractivity contribution < 1.29 is 18.7 Å². The number of hydrogen-bond acceptors (Lipinski definition) is 3. The van der Waals surface area contributed by atoms with Crippen LogP contribution in [0.3, 0.4) is 0 Å². The Morgan fingerprint density at radius 1 is 1.19 bits per heavy atom. The molecule has 1 N–H and O–H groups in total. The van der Waals surface area contributed by atoms with Crippen LogP contribution >= 0.6 is 11.6 Å². The number of halogens is 2. The smallest absolute Gasteiger partial charge is 0.261 e. The Bertz CT molecular complexity index is 914. The fourth-order valence-corrected chi connectivity index (χ4v) is 3.81. The van der Waals surface area contributed by atoms with E-state index in [0.29, 0.717) is 10.8 Å². The number of carbonyl (C=O) groups excluding carboxylic acids is 2. The lowest BCUT2D eigenvalue weighted by atomic mass is 10.1. The summed E-state index contributed by atoms with van der Waals surface area (Å²) in [6, 6.07) is 10.5. The quantitative estimate of drug-likeness (QED) is 0.642. The topological polar surface area (TPSA) is 58.6 Å². The van der Waals surface area contributed by atoms with Gasteiger partial charge < -0.3 is 15.0 Å². The zero-order valence-electron chi connectivity index (χ0n) is 17.9. The molecule has 1 unspecified atom stereocenters. The van der Waals surface area contributed by atoms with Crippen LogP contribution < -0.4 is 10.1 Å². The second-order valence-electron chi connectivity index (χ2n) is 8.01. The summed E-state index contributed by atoms with van der Waals surface area (Å²) in [5.74, 6) is -0.342. The molecule has 1 fully saturated rings. The molecular formula is C24H28ClFN2O3. The molecule has 2 aromatic carbocycles. The average molecular weight is 447 g/mol. The van der Waals surface area contributed by atoms with Crippen molar-refractivity contribution in [2.75, 3.05) is 6.61 Å². The maximum Gasteiger partial charge on any atom is 0.261 e. The minimum absolute atomic E-state index is 0.158. The first-order valence-corrected chi connectivity index (χ1v) is 10.9. The summed E-state index contributed by atoms with van der Waals surface area (Å²) in [6.07, 6.45) is 4.13. The number of rotatable bonds is 8. The maximum atomic E-state index is 13.3. The molecule has 2 amide bonds. The predicted molar refractivity (Wildman–Crippen MR) is 118 cm³/mol. The third-order valence-electron chi connectivity index (χ3n) is 5.63. The van der Waals surface area contributed by atoms with Crippen molar-refractivity contribution in [2.45, 2.75) is 58.2 Å². The molecule has 2 aromatic rings. The molecule has 0 spiro atoms. The van der Waals surface area contributed by atoms with E-state index in [1.165, 1.54) is 17.0 Å². The van der Waals surface area contributed by atoms with Crippen molar-refractivity contribution in [3.8, 4) is 5.75 Å². The lowest BCUT2D eigenvalue weighted by Gasteiger charge is -2.29. The van der Waals surface area contributed by atoms with Gasteiger partial charge in [-0.3, -0.25) is 9.59 Å². The maximum absolute atomic E-state index is 13.3. The Morgan fingerprint density at radius 2 is 1.87 bits per heavy atom. The standard InChI is InChI=1S/C24H28ClFN2O3/c1-16-13-21(11-12-22(16)25)31-15-23(29)28(14-18-7-9-19(26)10-8-18)17(2)24(30)27-20-5-3-4-6-20/h7-13,17,20H,3-6,14-15H2,1-2H3,(H,27,30). The highest BCUT2D eigenvalue weighted by molar-refractivity contribution is 6.31. The summed E-state index contributed by atoms with van der Waals surface area (Å²) in [5.41, 5.74) is 1.58. The number of nitrogens with one attached hydrogen (secondary N) is 1. The molecule has 1 aliphatic carbocycles. The highest BCUT2D eigenvalue weighted by atomic mass is 35.5. The summed E-state index contributed by atoms with van der Waals surface area (Å²) in [7, 11) is 0. The summed E-state index contributed by atoms with van der Waals surface area (Å²) in [5, 5.41) is 3.67. The third-order valence-corrected chi connectivity index (χ3v) is 6.05. The van der Waals surface area contributed by atoms with Crippen LogP contribution in [0.15, 0.2) is 42.5 Å². The minimum atomic E-state index is -0.686. The van der Waals surface area contributed by atoms with Gasteiger partial charge in [0.15, 0.2) is 6.61 Å². The van der Waals surface area contributed by atoms with E-state index >= 15 is 0 Å². The molecule has 0 radical (unpaired) electrons. The molecule has 0 saturated heterocycles. The Kier molecular flexibility index (Phi) is 7.91. The summed E-state index contributed by atoms with van der Waals surface area (Å²) in [6.45, 7) is 3.52. The van der Waals surface area contributed by atoms with Crippen molar-refractivity contribution >= 4 is 23.4 Å². The molecule has 31 heavy (non-hydrogen) atoms. The van der Waals surface area contributed by atoms with Crippen LogP contribution in [0.5, 0.6) is 5.75 Å². The number of benzene rings is 2. The molecule has 5 nitrogen and oxygen atoms in total. The number of nitrogens with zero attached hydrogens (tertiary/aromatic N) is 1. The van der Waals surface area contributed by atoms with E-state index in [4.69, 9.17) is 16.3 Å². The van der Waals surface area contributed by atoms with E-state index in [0.717, 1.165) is 36.8 Å². The van der Waals surface area contributed by atoms with Gasteiger partial charge in [-0.1, -0.05) is 36.6 Å². The van der Waals surface area contributed by atoms with Crippen molar-refractivity contribution in [2.24, 2.45) is 0 Å². The fourth-order valence-electron chi connectivity index (χ4n) is 3.70. The summed E-state index contributed by atoms with van der Waals surface area (Å²) in [4.78, 5) is 27.3. The molecule has 1 saturated carbocycles. The Balaban J connectivity index is 1.71. The van der Waals surface area contributed by atoms with E-state index < -0.39 is 6.04 Å². The van der Waals surface area contributed by atoms with E-state index in [9.17, 15) is 14.0 Å². The lowest BCUT2D eigenvalue weighted by Crippen LogP contribution is -2.50. The fraction of sp³-hybridized carbons (Fsp3) is 0.417. The number of hydrogen-bond donors (Lipinski definition) is 1. The Hall–Kier alpha value is -2.60. The Labute approximate surface area is 187 Å². The molecule has 0 aliphatic heterocycles. The van der Waals surface area contributed by atoms with Crippen molar-refractivity contribution in [3.63, 3.8) is 0 Å². The second-order valence-corrected chi connectivity index (χ2v) is 8.42. The first-order valence-electron chi connectivity index (χ1n) is 10.6. The van der Waals surface area contributed by atoms with Gasteiger partial charge in [0, 0.05) is 17.6 Å². The van der Waals surface area contributed by atoms with Crippen LogP contribution in [0.4, 0.5) is 4.39 Å². The van der Waals surface area contributed by atoms with E-state index in [1.807, 2.05) is 6.92 Å². The minimum Gasteiger partial charge on any atom is -0.484 e. The molecule has 3 rings (SSSR count). The van der Waals surface area contributed by atoms with Crippen LogP contribution in [-0.4, -0.2) is 35.4 Å². The molecule has 0 aromatic heterocycles. The molecule has 166 valence electrons. The van der Waals surface area contributed by atoms with Gasteiger partial charge in [0.1, 0.15) is 17.6 Å². The average Bonchev–Trinajstić information content (AvgIpc) is 3.26. The van der Waals surface area contributed by atoms with Gasteiger partial charge in [0.25, 0.3) is 5.91 Å². The SMILES string of the molecule is Cc1cc(OCC(=O)N(Cc2ccc(F)cc2)C(C)C(=O)NC2CCCC2)ccc1Cl. The van der Waals surface area contributed by atoms with Gasteiger partial charge in [-0.05, 0) is 68.1 Å². The van der Waals surface area contributed by atoms with Gasteiger partial charge >= 0.3 is 0 Å². The summed E-state index contributed by atoms with van der Waals surface area (Å²) < 4.78 is 19.0. The van der Waals surface area contributed by atoms with Gasteiger partial charge in [-0.15, -0.1) is 0 Å². The zero-order valence-corrected chi connectivity index (χ0v) is 18.6. The van der Waals surface area contributed by atoms with Gasteiger partial charge in [-0.2, -0.15) is 0 Å². The van der Waals surface area contributed by atoms with Gasteiger partial charge in [0.2, 0.25) is 5.91 Å². The van der Waals surface area contributed by atoms with Crippen LogP contribution in [0.2, 0.25) is 5.02 Å². The number of carbonyl (C=O) groups is 2. The zero-order chi connectivity index (χ0) is 22.4. The molecule has 0 bridgehead atoms. The molecule has 7 heteroatoms. The van der Waals surface area contributed by atoms with Crippen LogP contribution in [-0.2, 0) is 16.1 Å². The number of ether oxygens (including phenoxy) is 1. The third kappa shape index (κ3) is 6.44. The first-order chi connectivity index (χ1) is 14.8. The van der Waals surface area contributed by atoms with Crippen LogP contribution in [0.25, 0.3) is 0 Å². The van der Waals surface area contributed by atoms with E-state index in [-0.39, 0.29) is 36.8 Å². The summed E-state index contributed by atoms with van der Waals surface area (Å²) >= 11 is 6.04. The monoisotopic (exact) mass is 446 g/mol. The molecular weight excluding hydrogens is 419 g/mol. The molecule has 1 atom stereocenters. The van der Waals surface area contributed by atoms with Gasteiger partial charge in [-0.25, -0.2) is 4.39 Å². The van der Waals surface area contributed by atoms with Crippen LogP contribution in [0.1, 0.15) is 43.7 Å². The van der Waals surface area contributed by atoms with Crippen molar-refractivity contribution in [1.82, 2.24) is 10.2 Å². The van der Waals surface area contributed by atoms with Crippen molar-refractivity contribution in [3.05, 3.63) is 64.4 Å². The largest absolute Gasteiger partial charge is 0.484 e. The van der Waals surface area contributed by atoms with Crippen LogP contribution in [0, 0.1) is 12.7 Å². The first kappa shape index (κ1) is 23.1. The van der Waals surface area contributed by atoms with E-state index in [2.05, 4.69) is 5.32 Å². The van der Waals surface area contributed by atoms with E-state index in [1.54, 1.807) is 37.3 Å². The number of aryl methyl sites for hydroxylation is 1.